The molecule has 194 valence electrons. The lowest BCUT2D eigenvalue weighted by Gasteiger charge is -2.41. The number of para-hydroxylation sites is 1. The second-order valence-electron chi connectivity index (χ2n) is 11.3. The van der Waals surface area contributed by atoms with Crippen molar-refractivity contribution in [3.63, 3.8) is 0 Å². The second kappa shape index (κ2) is 11.9. The van der Waals surface area contributed by atoms with Crippen LogP contribution in [-0.4, -0.2) is 74.7 Å². The SMILES string of the molecule is CN(C(=O)C1CCCCC1)C(CC1CCCCC1)CN1CCN(c2cccc3c2OCCO3)CC1. The number of carbonyl (C=O) groups is 1. The minimum Gasteiger partial charge on any atom is -0.486 e. The van der Waals surface area contributed by atoms with E-state index in [2.05, 4.69) is 33.9 Å². The first kappa shape index (κ1) is 24.7. The van der Waals surface area contributed by atoms with E-state index in [1.54, 1.807) is 0 Å². The van der Waals surface area contributed by atoms with Crippen LogP contribution in [0, 0.1) is 11.8 Å². The molecule has 1 saturated heterocycles. The van der Waals surface area contributed by atoms with Gasteiger partial charge in [0.25, 0.3) is 0 Å². The normalized spacial score (nSPS) is 23.2. The molecule has 1 amide bonds. The molecule has 0 aromatic heterocycles. The highest BCUT2D eigenvalue weighted by molar-refractivity contribution is 5.79. The maximum atomic E-state index is 13.5. The highest BCUT2D eigenvalue weighted by Crippen LogP contribution is 2.40. The van der Waals surface area contributed by atoms with Crippen LogP contribution in [-0.2, 0) is 4.79 Å². The Bertz CT molecular complexity index is 826. The molecule has 6 nitrogen and oxygen atoms in total. The summed E-state index contributed by atoms with van der Waals surface area (Å²) in [6.45, 7) is 6.26. The van der Waals surface area contributed by atoms with Crippen molar-refractivity contribution in [1.82, 2.24) is 9.80 Å². The average Bonchev–Trinajstić information content (AvgIpc) is 2.93. The lowest BCUT2D eigenvalue weighted by molar-refractivity contribution is -0.138. The van der Waals surface area contributed by atoms with E-state index >= 15 is 0 Å². The van der Waals surface area contributed by atoms with Crippen LogP contribution in [0.1, 0.15) is 70.6 Å². The van der Waals surface area contributed by atoms with Crippen LogP contribution < -0.4 is 14.4 Å². The lowest BCUT2D eigenvalue weighted by atomic mass is 9.83. The number of amides is 1. The molecule has 1 atom stereocenters. The molecular formula is C29H45N3O3. The highest BCUT2D eigenvalue weighted by atomic mass is 16.6. The maximum Gasteiger partial charge on any atom is 0.225 e. The third-order valence-electron chi connectivity index (χ3n) is 8.91. The lowest BCUT2D eigenvalue weighted by Crippen LogP contribution is -2.53. The van der Waals surface area contributed by atoms with E-state index in [9.17, 15) is 4.79 Å². The number of likely N-dealkylation sites (N-methyl/N-ethyl adjacent to an activating group) is 1. The van der Waals surface area contributed by atoms with Crippen LogP contribution in [0.3, 0.4) is 0 Å². The zero-order chi connectivity index (χ0) is 24.0. The van der Waals surface area contributed by atoms with E-state index in [-0.39, 0.29) is 5.92 Å². The molecule has 3 fully saturated rings. The minimum atomic E-state index is 0.255. The van der Waals surface area contributed by atoms with Crippen LogP contribution in [0.2, 0.25) is 0 Å². The summed E-state index contributed by atoms with van der Waals surface area (Å²) in [6, 6.07) is 6.57. The summed E-state index contributed by atoms with van der Waals surface area (Å²) in [5.41, 5.74) is 1.16. The number of nitrogens with zero attached hydrogens (tertiary/aromatic N) is 3. The first-order valence-corrected chi connectivity index (χ1v) is 14.3. The number of hydrogen-bond acceptors (Lipinski definition) is 5. The van der Waals surface area contributed by atoms with Gasteiger partial charge in [0.05, 0.1) is 5.69 Å². The fourth-order valence-corrected chi connectivity index (χ4v) is 6.76. The number of hydrogen-bond donors (Lipinski definition) is 0. The quantitative estimate of drug-likeness (QED) is 0.549. The van der Waals surface area contributed by atoms with Gasteiger partial charge in [0.1, 0.15) is 13.2 Å². The van der Waals surface area contributed by atoms with E-state index in [0.717, 1.165) is 68.7 Å². The Labute approximate surface area is 211 Å². The topological polar surface area (TPSA) is 45.3 Å². The number of benzene rings is 1. The first-order valence-electron chi connectivity index (χ1n) is 14.3. The minimum absolute atomic E-state index is 0.255. The molecule has 0 radical (unpaired) electrons. The van der Waals surface area contributed by atoms with Gasteiger partial charge in [-0.3, -0.25) is 9.69 Å². The van der Waals surface area contributed by atoms with Gasteiger partial charge in [-0.1, -0.05) is 57.4 Å². The van der Waals surface area contributed by atoms with E-state index < -0.39 is 0 Å². The Hall–Kier alpha value is -1.95. The van der Waals surface area contributed by atoms with Crippen molar-refractivity contribution in [2.24, 2.45) is 11.8 Å². The van der Waals surface area contributed by atoms with Crippen molar-refractivity contribution in [2.45, 2.75) is 76.7 Å². The summed E-state index contributed by atoms with van der Waals surface area (Å²) in [5, 5.41) is 0. The van der Waals surface area contributed by atoms with Gasteiger partial charge >= 0.3 is 0 Å². The van der Waals surface area contributed by atoms with Crippen molar-refractivity contribution in [3.05, 3.63) is 18.2 Å². The molecule has 5 rings (SSSR count). The zero-order valence-corrected chi connectivity index (χ0v) is 21.8. The first-order chi connectivity index (χ1) is 17.2. The number of carbonyl (C=O) groups excluding carboxylic acids is 1. The predicted octanol–water partition coefficient (Wildman–Crippen LogP) is 4.96. The highest BCUT2D eigenvalue weighted by Gasteiger charge is 2.32. The van der Waals surface area contributed by atoms with E-state index in [0.29, 0.717) is 25.2 Å². The number of rotatable bonds is 7. The molecule has 0 bridgehead atoms. The summed E-state index contributed by atoms with van der Waals surface area (Å²) < 4.78 is 11.8. The zero-order valence-electron chi connectivity index (χ0n) is 21.8. The molecule has 0 N–H and O–H groups in total. The van der Waals surface area contributed by atoms with Crippen molar-refractivity contribution >= 4 is 11.6 Å². The molecule has 1 aromatic rings. The molecule has 6 heteroatoms. The summed E-state index contributed by atoms with van der Waals surface area (Å²) in [7, 11) is 2.11. The molecule has 2 aliphatic carbocycles. The standard InChI is InChI=1S/C29H45N3O3/c1-30(29(33)24-11-6-3-7-12-24)25(21-23-9-4-2-5-10-23)22-31-15-17-32(18-16-31)26-13-8-14-27-28(26)35-20-19-34-27/h8,13-14,23-25H,2-7,9-12,15-22H2,1H3. The third kappa shape index (κ3) is 6.07. The molecule has 2 saturated carbocycles. The monoisotopic (exact) mass is 483 g/mol. The summed E-state index contributed by atoms with van der Waals surface area (Å²) in [6.07, 6.45) is 13.9. The summed E-state index contributed by atoms with van der Waals surface area (Å²) >= 11 is 0. The Kier molecular flexibility index (Phi) is 8.38. The number of anilines is 1. The van der Waals surface area contributed by atoms with Crippen LogP contribution in [0.5, 0.6) is 11.5 Å². The molecule has 1 unspecified atom stereocenters. The van der Waals surface area contributed by atoms with Gasteiger partial charge in [0, 0.05) is 51.7 Å². The van der Waals surface area contributed by atoms with Crippen molar-refractivity contribution in [2.75, 3.05) is 57.9 Å². The number of ether oxygens (including phenoxy) is 2. The van der Waals surface area contributed by atoms with Crippen LogP contribution in [0.15, 0.2) is 18.2 Å². The van der Waals surface area contributed by atoms with Gasteiger partial charge in [-0.05, 0) is 37.3 Å². The van der Waals surface area contributed by atoms with Gasteiger partial charge < -0.3 is 19.3 Å². The van der Waals surface area contributed by atoms with Crippen LogP contribution in [0.25, 0.3) is 0 Å². The summed E-state index contributed by atoms with van der Waals surface area (Å²) in [4.78, 5) is 20.7. The molecule has 35 heavy (non-hydrogen) atoms. The number of fused-ring (bicyclic) bond motifs is 1. The van der Waals surface area contributed by atoms with E-state index in [1.807, 2.05) is 6.07 Å². The largest absolute Gasteiger partial charge is 0.486 e. The van der Waals surface area contributed by atoms with Gasteiger partial charge in [0.15, 0.2) is 11.5 Å². The molecule has 2 aliphatic heterocycles. The Morgan fingerprint density at radius 3 is 2.37 bits per heavy atom. The molecule has 0 spiro atoms. The van der Waals surface area contributed by atoms with Crippen LogP contribution >= 0.6 is 0 Å². The fourth-order valence-electron chi connectivity index (χ4n) is 6.76. The molecule has 2 heterocycles. The molecule has 4 aliphatic rings. The van der Waals surface area contributed by atoms with Gasteiger partial charge in [-0.25, -0.2) is 0 Å². The third-order valence-corrected chi connectivity index (χ3v) is 8.91. The van der Waals surface area contributed by atoms with Gasteiger partial charge in [0.2, 0.25) is 5.91 Å². The molecule has 1 aromatic carbocycles. The Balaban J connectivity index is 1.21. The second-order valence-corrected chi connectivity index (χ2v) is 11.3. The fraction of sp³-hybridized carbons (Fsp3) is 0.759. The predicted molar refractivity (Wildman–Crippen MR) is 140 cm³/mol. The van der Waals surface area contributed by atoms with Crippen molar-refractivity contribution in [3.8, 4) is 11.5 Å². The van der Waals surface area contributed by atoms with Crippen molar-refractivity contribution < 1.29 is 14.3 Å². The van der Waals surface area contributed by atoms with Crippen molar-refractivity contribution in [1.29, 1.82) is 0 Å². The van der Waals surface area contributed by atoms with E-state index in [4.69, 9.17) is 9.47 Å². The average molecular weight is 484 g/mol. The van der Waals surface area contributed by atoms with E-state index in [1.165, 1.54) is 57.8 Å². The molecular weight excluding hydrogens is 438 g/mol. The summed E-state index contributed by atoms with van der Waals surface area (Å²) in [5.74, 6) is 3.22. The Morgan fingerprint density at radius 1 is 0.943 bits per heavy atom. The smallest absolute Gasteiger partial charge is 0.225 e. The van der Waals surface area contributed by atoms with Crippen LogP contribution in [0.4, 0.5) is 5.69 Å². The number of piperazine rings is 1. The van der Waals surface area contributed by atoms with Gasteiger partial charge in [-0.15, -0.1) is 0 Å². The maximum absolute atomic E-state index is 13.5. The Morgan fingerprint density at radius 2 is 1.63 bits per heavy atom. The van der Waals surface area contributed by atoms with Gasteiger partial charge in [-0.2, -0.15) is 0 Å².